The van der Waals surface area contributed by atoms with E-state index in [1.807, 2.05) is 13.0 Å². The Hall–Kier alpha value is -1.09. The van der Waals surface area contributed by atoms with E-state index in [0.717, 1.165) is 23.9 Å². The van der Waals surface area contributed by atoms with Crippen molar-refractivity contribution in [2.45, 2.75) is 45.6 Å². The van der Waals surface area contributed by atoms with Crippen molar-refractivity contribution in [1.29, 1.82) is 0 Å². The quantitative estimate of drug-likeness (QED) is 0.770. The first-order valence-corrected chi connectivity index (χ1v) is 6.62. The summed E-state index contributed by atoms with van der Waals surface area (Å²) in [4.78, 5) is 4.33. The van der Waals surface area contributed by atoms with Crippen LogP contribution in [0, 0.1) is 12.8 Å². The molecule has 0 aromatic carbocycles. The van der Waals surface area contributed by atoms with Gasteiger partial charge in [0, 0.05) is 12.2 Å². The van der Waals surface area contributed by atoms with Crippen molar-refractivity contribution in [2.75, 3.05) is 6.54 Å². The summed E-state index contributed by atoms with van der Waals surface area (Å²) < 4.78 is 0. The molecule has 94 valence electrons. The average molecular weight is 234 g/mol. The Morgan fingerprint density at radius 2 is 2.12 bits per heavy atom. The number of rotatable bonds is 5. The second-order valence-electron chi connectivity index (χ2n) is 5.03. The summed E-state index contributed by atoms with van der Waals surface area (Å²) in [5.74, 6) is 1.21. The first-order valence-electron chi connectivity index (χ1n) is 6.62. The number of aromatic hydroxyl groups is 1. The SMILES string of the molecule is Cc1ccc(O)c(CNCCC2CCCC2)n1. The predicted octanol–water partition coefficient (Wildman–Crippen LogP) is 2.77. The number of nitrogens with one attached hydrogen (secondary N) is 1. The number of aromatic nitrogens is 1. The van der Waals surface area contributed by atoms with E-state index in [-0.39, 0.29) is 0 Å². The first-order chi connectivity index (χ1) is 8.25. The second kappa shape index (κ2) is 6.01. The molecule has 0 spiro atoms. The maximum Gasteiger partial charge on any atom is 0.138 e. The van der Waals surface area contributed by atoms with Crippen LogP contribution in [0.5, 0.6) is 5.75 Å². The van der Waals surface area contributed by atoms with Crippen LogP contribution < -0.4 is 5.32 Å². The minimum atomic E-state index is 0.295. The van der Waals surface area contributed by atoms with Gasteiger partial charge in [-0.05, 0) is 37.9 Å². The summed E-state index contributed by atoms with van der Waals surface area (Å²) in [6.45, 7) is 3.64. The Morgan fingerprint density at radius 3 is 2.88 bits per heavy atom. The summed E-state index contributed by atoms with van der Waals surface area (Å²) in [5.41, 5.74) is 1.71. The van der Waals surface area contributed by atoms with Crippen molar-refractivity contribution in [3.8, 4) is 5.75 Å². The molecule has 1 fully saturated rings. The molecule has 3 heteroatoms. The normalized spacial score (nSPS) is 16.5. The van der Waals surface area contributed by atoms with Gasteiger partial charge in [-0.25, -0.2) is 0 Å². The van der Waals surface area contributed by atoms with Crippen molar-refractivity contribution in [1.82, 2.24) is 10.3 Å². The van der Waals surface area contributed by atoms with E-state index in [1.165, 1.54) is 32.1 Å². The summed E-state index contributed by atoms with van der Waals surface area (Å²) in [6, 6.07) is 3.55. The molecule has 0 saturated heterocycles. The fraction of sp³-hybridized carbons (Fsp3) is 0.643. The van der Waals surface area contributed by atoms with Crippen LogP contribution in [0.15, 0.2) is 12.1 Å². The van der Waals surface area contributed by atoms with Gasteiger partial charge in [0.15, 0.2) is 0 Å². The van der Waals surface area contributed by atoms with E-state index in [1.54, 1.807) is 6.07 Å². The summed E-state index contributed by atoms with van der Waals surface area (Å²) in [5, 5.41) is 13.0. The Labute approximate surface area is 103 Å². The Morgan fingerprint density at radius 1 is 1.35 bits per heavy atom. The highest BCUT2D eigenvalue weighted by atomic mass is 16.3. The van der Waals surface area contributed by atoms with Gasteiger partial charge in [0.1, 0.15) is 5.75 Å². The van der Waals surface area contributed by atoms with Crippen LogP contribution in [0.25, 0.3) is 0 Å². The Bertz CT molecular complexity index is 359. The van der Waals surface area contributed by atoms with Crippen molar-refractivity contribution in [3.05, 3.63) is 23.5 Å². The molecular formula is C14H22N2O. The molecule has 17 heavy (non-hydrogen) atoms. The van der Waals surface area contributed by atoms with E-state index >= 15 is 0 Å². The van der Waals surface area contributed by atoms with E-state index in [4.69, 9.17) is 0 Å². The number of hydrogen-bond donors (Lipinski definition) is 2. The van der Waals surface area contributed by atoms with Crippen LogP contribution in [0.2, 0.25) is 0 Å². The zero-order chi connectivity index (χ0) is 12.1. The number of hydrogen-bond acceptors (Lipinski definition) is 3. The molecule has 1 heterocycles. The van der Waals surface area contributed by atoms with Crippen LogP contribution in [-0.2, 0) is 6.54 Å². The molecular weight excluding hydrogens is 212 g/mol. The minimum absolute atomic E-state index is 0.295. The highest BCUT2D eigenvalue weighted by molar-refractivity contribution is 5.27. The van der Waals surface area contributed by atoms with E-state index in [0.29, 0.717) is 12.3 Å². The van der Waals surface area contributed by atoms with Gasteiger partial charge >= 0.3 is 0 Å². The third-order valence-electron chi connectivity index (χ3n) is 3.59. The largest absolute Gasteiger partial charge is 0.506 e. The molecule has 1 aliphatic rings. The van der Waals surface area contributed by atoms with Gasteiger partial charge in [-0.1, -0.05) is 25.7 Å². The van der Waals surface area contributed by atoms with Crippen LogP contribution >= 0.6 is 0 Å². The van der Waals surface area contributed by atoms with E-state index in [2.05, 4.69) is 10.3 Å². The van der Waals surface area contributed by atoms with Crippen molar-refractivity contribution < 1.29 is 5.11 Å². The lowest BCUT2D eigenvalue weighted by molar-refractivity contribution is 0.449. The topological polar surface area (TPSA) is 45.1 Å². The van der Waals surface area contributed by atoms with Crippen molar-refractivity contribution in [2.24, 2.45) is 5.92 Å². The Balaban J connectivity index is 1.72. The minimum Gasteiger partial charge on any atom is -0.506 e. The van der Waals surface area contributed by atoms with Gasteiger partial charge in [0.25, 0.3) is 0 Å². The fourth-order valence-electron chi connectivity index (χ4n) is 2.55. The molecule has 1 aliphatic carbocycles. The molecule has 0 radical (unpaired) electrons. The highest BCUT2D eigenvalue weighted by Gasteiger charge is 2.14. The summed E-state index contributed by atoms with van der Waals surface area (Å²) in [6.07, 6.45) is 6.87. The number of nitrogens with zero attached hydrogens (tertiary/aromatic N) is 1. The van der Waals surface area contributed by atoms with Crippen LogP contribution in [0.4, 0.5) is 0 Å². The molecule has 1 aromatic heterocycles. The number of pyridine rings is 1. The third kappa shape index (κ3) is 3.70. The molecule has 2 rings (SSSR count). The van der Waals surface area contributed by atoms with Crippen LogP contribution in [0.1, 0.15) is 43.5 Å². The van der Waals surface area contributed by atoms with Crippen LogP contribution in [-0.4, -0.2) is 16.6 Å². The number of aryl methyl sites for hydroxylation is 1. The lowest BCUT2D eigenvalue weighted by Crippen LogP contribution is -2.18. The monoisotopic (exact) mass is 234 g/mol. The fourth-order valence-corrected chi connectivity index (χ4v) is 2.55. The van der Waals surface area contributed by atoms with Gasteiger partial charge in [-0.15, -0.1) is 0 Å². The lowest BCUT2D eigenvalue weighted by Gasteiger charge is -2.10. The van der Waals surface area contributed by atoms with Gasteiger partial charge in [-0.2, -0.15) is 0 Å². The van der Waals surface area contributed by atoms with Crippen LogP contribution in [0.3, 0.4) is 0 Å². The van der Waals surface area contributed by atoms with Gasteiger partial charge < -0.3 is 10.4 Å². The molecule has 0 unspecified atom stereocenters. The standard InChI is InChI=1S/C14H22N2O/c1-11-6-7-14(17)13(16-11)10-15-9-8-12-4-2-3-5-12/h6-7,12,15,17H,2-5,8-10H2,1H3. The second-order valence-corrected chi connectivity index (χ2v) is 5.03. The average Bonchev–Trinajstić information content (AvgIpc) is 2.82. The molecule has 0 amide bonds. The molecule has 2 N–H and O–H groups in total. The van der Waals surface area contributed by atoms with Gasteiger partial charge in [-0.3, -0.25) is 4.98 Å². The maximum absolute atomic E-state index is 9.64. The molecule has 0 bridgehead atoms. The molecule has 1 saturated carbocycles. The zero-order valence-electron chi connectivity index (χ0n) is 10.6. The van der Waals surface area contributed by atoms with Gasteiger partial charge in [0.2, 0.25) is 0 Å². The third-order valence-corrected chi connectivity index (χ3v) is 3.59. The van der Waals surface area contributed by atoms with Crippen molar-refractivity contribution in [3.63, 3.8) is 0 Å². The summed E-state index contributed by atoms with van der Waals surface area (Å²) in [7, 11) is 0. The zero-order valence-corrected chi connectivity index (χ0v) is 10.6. The first kappa shape index (κ1) is 12.4. The smallest absolute Gasteiger partial charge is 0.138 e. The van der Waals surface area contributed by atoms with E-state index in [9.17, 15) is 5.11 Å². The van der Waals surface area contributed by atoms with Crippen molar-refractivity contribution >= 4 is 0 Å². The maximum atomic E-state index is 9.64. The molecule has 1 aromatic rings. The Kier molecular flexibility index (Phi) is 4.37. The van der Waals surface area contributed by atoms with Gasteiger partial charge in [0.05, 0.1) is 5.69 Å². The molecule has 0 atom stereocenters. The molecule has 3 nitrogen and oxygen atoms in total. The lowest BCUT2D eigenvalue weighted by atomic mass is 10.0. The molecule has 0 aliphatic heterocycles. The van der Waals surface area contributed by atoms with E-state index < -0.39 is 0 Å². The highest BCUT2D eigenvalue weighted by Crippen LogP contribution is 2.26. The summed E-state index contributed by atoms with van der Waals surface area (Å²) >= 11 is 0. The predicted molar refractivity (Wildman–Crippen MR) is 68.9 cm³/mol.